The Morgan fingerprint density at radius 2 is 1.95 bits per heavy atom. The molecule has 0 aliphatic carbocycles. The summed E-state index contributed by atoms with van der Waals surface area (Å²) in [4.78, 5) is 0.198. The van der Waals surface area contributed by atoms with Gasteiger partial charge in [0.15, 0.2) is 0 Å². The van der Waals surface area contributed by atoms with Gasteiger partial charge in [0, 0.05) is 18.8 Å². The van der Waals surface area contributed by atoms with Crippen LogP contribution < -0.4 is 0 Å². The van der Waals surface area contributed by atoms with Gasteiger partial charge in [0.2, 0.25) is 10.0 Å². The van der Waals surface area contributed by atoms with Gasteiger partial charge in [-0.2, -0.15) is 9.40 Å². The normalized spacial score (nSPS) is 12.8. The van der Waals surface area contributed by atoms with Crippen LogP contribution in [0.15, 0.2) is 17.3 Å². The van der Waals surface area contributed by atoms with Crippen LogP contribution in [0.1, 0.15) is 40.5 Å². The van der Waals surface area contributed by atoms with Crippen molar-refractivity contribution in [2.45, 2.75) is 58.0 Å². The zero-order valence-electron chi connectivity index (χ0n) is 13.4. The molecule has 0 aromatic carbocycles. The number of aliphatic hydroxyl groups excluding tert-OH is 1. The third kappa shape index (κ3) is 4.52. The molecule has 0 fully saturated rings. The van der Waals surface area contributed by atoms with Crippen LogP contribution in [0, 0.1) is 5.92 Å². The summed E-state index contributed by atoms with van der Waals surface area (Å²) >= 11 is 0. The predicted molar refractivity (Wildman–Crippen MR) is 82.4 cm³/mol. The molecule has 122 valence electrons. The monoisotopic (exact) mass is 317 g/mol. The van der Waals surface area contributed by atoms with Crippen molar-refractivity contribution < 1.29 is 13.5 Å². The lowest BCUT2D eigenvalue weighted by atomic mass is 10.1. The van der Waals surface area contributed by atoms with Crippen LogP contribution in [0.3, 0.4) is 0 Å². The standard InChI is InChI=1S/C14H27N3O3S/c1-5-13(6-2)17(10-12(3)4)21(19,20)14-9-15-16(11-14)7-8-18/h9,11-13,18H,5-8,10H2,1-4H3. The maximum absolute atomic E-state index is 12.9. The summed E-state index contributed by atoms with van der Waals surface area (Å²) in [5, 5.41) is 12.9. The van der Waals surface area contributed by atoms with E-state index in [-0.39, 0.29) is 23.5 Å². The molecule has 1 rings (SSSR count). The Kier molecular flexibility index (Phi) is 6.83. The number of sulfonamides is 1. The molecule has 0 saturated heterocycles. The quantitative estimate of drug-likeness (QED) is 0.752. The van der Waals surface area contributed by atoms with Crippen LogP contribution in [-0.2, 0) is 16.6 Å². The summed E-state index contributed by atoms with van der Waals surface area (Å²) in [6.45, 7) is 8.77. The molecule has 0 aliphatic heterocycles. The highest BCUT2D eigenvalue weighted by Gasteiger charge is 2.31. The molecule has 0 saturated carbocycles. The minimum absolute atomic E-state index is 0.00130. The summed E-state index contributed by atoms with van der Waals surface area (Å²) in [5.41, 5.74) is 0. The van der Waals surface area contributed by atoms with E-state index in [1.54, 1.807) is 4.31 Å². The highest BCUT2D eigenvalue weighted by Crippen LogP contribution is 2.22. The van der Waals surface area contributed by atoms with Gasteiger partial charge < -0.3 is 5.11 Å². The zero-order chi connectivity index (χ0) is 16.0. The van der Waals surface area contributed by atoms with Crippen LogP contribution in [0.2, 0.25) is 0 Å². The van der Waals surface area contributed by atoms with Gasteiger partial charge in [-0.1, -0.05) is 27.7 Å². The lowest BCUT2D eigenvalue weighted by molar-refractivity contribution is 0.269. The maximum atomic E-state index is 12.9. The molecule has 0 unspecified atom stereocenters. The first-order valence-corrected chi connectivity index (χ1v) is 8.95. The Balaban J connectivity index is 3.12. The molecule has 1 aromatic rings. The average Bonchev–Trinajstić information content (AvgIpc) is 2.88. The predicted octanol–water partition coefficient (Wildman–Crippen LogP) is 1.71. The molecular formula is C14H27N3O3S. The molecule has 0 atom stereocenters. The van der Waals surface area contributed by atoms with E-state index in [1.165, 1.54) is 17.1 Å². The molecular weight excluding hydrogens is 290 g/mol. The summed E-state index contributed by atoms with van der Waals surface area (Å²) in [5.74, 6) is 0.257. The Morgan fingerprint density at radius 1 is 1.33 bits per heavy atom. The SMILES string of the molecule is CCC(CC)N(CC(C)C)S(=O)(=O)c1cnn(CCO)c1. The summed E-state index contributed by atoms with van der Waals surface area (Å²) < 4.78 is 28.8. The number of rotatable bonds is 9. The van der Waals surface area contributed by atoms with Gasteiger partial charge in [-0.15, -0.1) is 0 Å². The maximum Gasteiger partial charge on any atom is 0.246 e. The number of aromatic nitrogens is 2. The van der Waals surface area contributed by atoms with E-state index in [1.807, 2.05) is 27.7 Å². The van der Waals surface area contributed by atoms with E-state index < -0.39 is 10.0 Å². The topological polar surface area (TPSA) is 75.4 Å². The molecule has 0 aliphatic rings. The van der Waals surface area contributed by atoms with Crippen molar-refractivity contribution in [1.82, 2.24) is 14.1 Å². The molecule has 0 amide bonds. The van der Waals surface area contributed by atoms with Crippen molar-refractivity contribution in [3.8, 4) is 0 Å². The molecule has 0 radical (unpaired) electrons. The summed E-state index contributed by atoms with van der Waals surface area (Å²) in [6.07, 6.45) is 4.42. The van der Waals surface area contributed by atoms with Crippen LogP contribution in [0.25, 0.3) is 0 Å². The van der Waals surface area contributed by atoms with E-state index in [0.717, 1.165) is 12.8 Å². The van der Waals surface area contributed by atoms with Crippen molar-refractivity contribution in [3.05, 3.63) is 12.4 Å². The van der Waals surface area contributed by atoms with Crippen LogP contribution in [0.4, 0.5) is 0 Å². The largest absolute Gasteiger partial charge is 0.394 e. The number of hydrogen-bond donors (Lipinski definition) is 1. The second-order valence-corrected chi connectivity index (χ2v) is 7.49. The minimum Gasteiger partial charge on any atom is -0.394 e. The summed E-state index contributed by atoms with van der Waals surface area (Å²) in [7, 11) is -3.55. The third-order valence-electron chi connectivity index (χ3n) is 3.44. The molecule has 0 bridgehead atoms. The Hall–Kier alpha value is -0.920. The minimum atomic E-state index is -3.55. The van der Waals surface area contributed by atoms with Crippen LogP contribution in [0.5, 0.6) is 0 Å². The second-order valence-electron chi connectivity index (χ2n) is 5.60. The third-order valence-corrected chi connectivity index (χ3v) is 5.31. The van der Waals surface area contributed by atoms with Gasteiger partial charge in [0.05, 0.1) is 19.3 Å². The van der Waals surface area contributed by atoms with Gasteiger partial charge in [-0.3, -0.25) is 4.68 Å². The van der Waals surface area contributed by atoms with Crippen molar-refractivity contribution in [3.63, 3.8) is 0 Å². The summed E-state index contributed by atoms with van der Waals surface area (Å²) in [6, 6.07) is -0.00130. The van der Waals surface area contributed by atoms with E-state index >= 15 is 0 Å². The van der Waals surface area contributed by atoms with Gasteiger partial charge in [-0.05, 0) is 18.8 Å². The fourth-order valence-electron chi connectivity index (χ4n) is 2.34. The molecule has 6 nitrogen and oxygen atoms in total. The molecule has 1 heterocycles. The number of nitrogens with zero attached hydrogens (tertiary/aromatic N) is 3. The molecule has 7 heteroatoms. The molecule has 21 heavy (non-hydrogen) atoms. The average molecular weight is 317 g/mol. The smallest absolute Gasteiger partial charge is 0.246 e. The lowest BCUT2D eigenvalue weighted by Crippen LogP contribution is -2.41. The molecule has 1 N–H and O–H groups in total. The first kappa shape index (κ1) is 18.1. The fraction of sp³-hybridized carbons (Fsp3) is 0.786. The zero-order valence-corrected chi connectivity index (χ0v) is 14.2. The van der Waals surface area contributed by atoms with Crippen LogP contribution >= 0.6 is 0 Å². The van der Waals surface area contributed by atoms with Gasteiger partial charge in [0.1, 0.15) is 4.90 Å². The van der Waals surface area contributed by atoms with E-state index in [4.69, 9.17) is 5.11 Å². The highest BCUT2D eigenvalue weighted by molar-refractivity contribution is 7.89. The second kappa shape index (κ2) is 7.91. The van der Waals surface area contributed by atoms with Crippen molar-refractivity contribution in [1.29, 1.82) is 0 Å². The number of aliphatic hydroxyl groups is 1. The number of hydrogen-bond acceptors (Lipinski definition) is 4. The Morgan fingerprint density at radius 3 is 2.43 bits per heavy atom. The first-order valence-electron chi connectivity index (χ1n) is 7.51. The Bertz CT molecular complexity index is 521. The fourth-order valence-corrected chi connectivity index (χ4v) is 4.23. The van der Waals surface area contributed by atoms with Gasteiger partial charge in [0.25, 0.3) is 0 Å². The van der Waals surface area contributed by atoms with E-state index in [0.29, 0.717) is 13.1 Å². The van der Waals surface area contributed by atoms with Crippen molar-refractivity contribution in [2.24, 2.45) is 5.92 Å². The Labute approximate surface area is 127 Å². The molecule has 1 aromatic heterocycles. The first-order chi connectivity index (χ1) is 9.86. The highest BCUT2D eigenvalue weighted by atomic mass is 32.2. The van der Waals surface area contributed by atoms with Gasteiger partial charge in [-0.25, -0.2) is 8.42 Å². The molecule has 0 spiro atoms. The van der Waals surface area contributed by atoms with Crippen molar-refractivity contribution >= 4 is 10.0 Å². The van der Waals surface area contributed by atoms with Crippen molar-refractivity contribution in [2.75, 3.05) is 13.2 Å². The van der Waals surface area contributed by atoms with E-state index in [2.05, 4.69) is 5.10 Å². The lowest BCUT2D eigenvalue weighted by Gasteiger charge is -2.30. The van der Waals surface area contributed by atoms with Crippen LogP contribution in [-0.4, -0.2) is 46.8 Å². The van der Waals surface area contributed by atoms with E-state index in [9.17, 15) is 8.42 Å². The van der Waals surface area contributed by atoms with Gasteiger partial charge >= 0.3 is 0 Å².